The van der Waals surface area contributed by atoms with Gasteiger partial charge in [-0.3, -0.25) is 0 Å². The lowest BCUT2D eigenvalue weighted by Gasteiger charge is -2.03. The summed E-state index contributed by atoms with van der Waals surface area (Å²) < 4.78 is 5.66. The monoisotopic (exact) mass is 210 g/mol. The third-order valence-corrected chi connectivity index (χ3v) is 2.67. The molecule has 0 saturated heterocycles. The molecule has 3 nitrogen and oxygen atoms in total. The Morgan fingerprint density at radius 2 is 2.33 bits per heavy atom. The number of nitrogens with one attached hydrogen (secondary N) is 1. The second-order valence-corrected chi connectivity index (χ2v) is 4.14. The molecule has 1 aromatic heterocycles. The van der Waals surface area contributed by atoms with Crippen LogP contribution < -0.4 is 5.32 Å². The minimum absolute atomic E-state index is 0.683. The van der Waals surface area contributed by atoms with Crippen molar-refractivity contribution >= 4 is 0 Å². The van der Waals surface area contributed by atoms with Crippen LogP contribution in [0.4, 0.5) is 0 Å². The first-order valence-electron chi connectivity index (χ1n) is 5.84. The van der Waals surface area contributed by atoms with Crippen LogP contribution in [0.5, 0.6) is 0 Å². The molecular weight excluding hydrogens is 188 g/mol. The van der Waals surface area contributed by atoms with Gasteiger partial charge in [-0.25, -0.2) is 4.98 Å². The third-order valence-electron chi connectivity index (χ3n) is 2.67. The molecule has 1 unspecified atom stereocenters. The third kappa shape index (κ3) is 4.47. The molecule has 0 radical (unpaired) electrons. The lowest BCUT2D eigenvalue weighted by Crippen LogP contribution is -2.08. The Morgan fingerprint density at radius 1 is 1.53 bits per heavy atom. The summed E-state index contributed by atoms with van der Waals surface area (Å²) in [5.74, 6) is 2.59. The number of hydrogen-bond acceptors (Lipinski definition) is 3. The first-order valence-corrected chi connectivity index (χ1v) is 5.84. The van der Waals surface area contributed by atoms with Crippen LogP contribution in [0.25, 0.3) is 0 Å². The van der Waals surface area contributed by atoms with E-state index in [1.165, 1.54) is 6.42 Å². The Balaban J connectivity index is 2.35. The predicted molar refractivity (Wildman–Crippen MR) is 61.9 cm³/mol. The highest BCUT2D eigenvalue weighted by atomic mass is 16.4. The highest BCUT2D eigenvalue weighted by Crippen LogP contribution is 2.13. The Kier molecular flexibility index (Phi) is 5.40. The first kappa shape index (κ1) is 12.2. The van der Waals surface area contributed by atoms with E-state index in [2.05, 4.69) is 24.1 Å². The van der Waals surface area contributed by atoms with Crippen molar-refractivity contribution in [2.45, 2.75) is 39.5 Å². The van der Waals surface area contributed by atoms with Gasteiger partial charge in [-0.15, -0.1) is 0 Å². The molecule has 0 aromatic carbocycles. The van der Waals surface area contributed by atoms with Crippen LogP contribution in [0.1, 0.15) is 38.3 Å². The maximum atomic E-state index is 5.66. The number of oxazole rings is 1. The molecule has 1 heterocycles. The predicted octanol–water partition coefficient (Wildman–Crippen LogP) is 2.42. The fourth-order valence-corrected chi connectivity index (χ4v) is 1.46. The van der Waals surface area contributed by atoms with E-state index in [1.807, 2.05) is 13.2 Å². The van der Waals surface area contributed by atoms with Gasteiger partial charge in [-0.05, 0) is 25.9 Å². The van der Waals surface area contributed by atoms with Gasteiger partial charge in [0, 0.05) is 12.8 Å². The van der Waals surface area contributed by atoms with Gasteiger partial charge in [0.2, 0.25) is 0 Å². The van der Waals surface area contributed by atoms with E-state index in [4.69, 9.17) is 4.42 Å². The molecule has 86 valence electrons. The maximum Gasteiger partial charge on any atom is 0.194 e. The van der Waals surface area contributed by atoms with Crippen LogP contribution in [0.15, 0.2) is 10.6 Å². The summed E-state index contributed by atoms with van der Waals surface area (Å²) in [5.41, 5.74) is 0. The van der Waals surface area contributed by atoms with E-state index in [1.54, 1.807) is 0 Å². The van der Waals surface area contributed by atoms with Crippen molar-refractivity contribution < 1.29 is 4.42 Å². The minimum Gasteiger partial charge on any atom is -0.446 e. The molecule has 0 fully saturated rings. The summed E-state index contributed by atoms with van der Waals surface area (Å²) in [6, 6.07) is 0. The average Bonchev–Trinajstić information content (AvgIpc) is 2.66. The maximum absolute atomic E-state index is 5.66. The zero-order valence-electron chi connectivity index (χ0n) is 10.0. The van der Waals surface area contributed by atoms with E-state index >= 15 is 0 Å². The quantitative estimate of drug-likeness (QED) is 0.702. The van der Waals surface area contributed by atoms with Gasteiger partial charge in [0.05, 0.1) is 6.20 Å². The topological polar surface area (TPSA) is 38.1 Å². The summed E-state index contributed by atoms with van der Waals surface area (Å²) in [4.78, 5) is 4.28. The Hall–Kier alpha value is -0.830. The van der Waals surface area contributed by atoms with Crippen molar-refractivity contribution in [1.29, 1.82) is 0 Å². The van der Waals surface area contributed by atoms with Crippen molar-refractivity contribution in [2.24, 2.45) is 5.92 Å². The van der Waals surface area contributed by atoms with Crippen LogP contribution in [-0.2, 0) is 12.8 Å². The van der Waals surface area contributed by atoms with Crippen molar-refractivity contribution in [3.63, 3.8) is 0 Å². The fraction of sp³-hybridized carbons (Fsp3) is 0.750. The molecule has 0 aliphatic heterocycles. The molecule has 3 heteroatoms. The molecule has 0 bridgehead atoms. The molecule has 0 spiro atoms. The highest BCUT2D eigenvalue weighted by molar-refractivity contribution is 4.95. The summed E-state index contributed by atoms with van der Waals surface area (Å²) >= 11 is 0. The van der Waals surface area contributed by atoms with Crippen molar-refractivity contribution in [3.05, 3.63) is 17.8 Å². The van der Waals surface area contributed by atoms with Gasteiger partial charge in [-0.1, -0.05) is 20.3 Å². The summed E-state index contributed by atoms with van der Waals surface area (Å²) in [6.07, 6.45) is 6.09. The van der Waals surface area contributed by atoms with Crippen LogP contribution in [0.3, 0.4) is 0 Å². The van der Waals surface area contributed by atoms with Crippen molar-refractivity contribution in [1.82, 2.24) is 10.3 Å². The van der Waals surface area contributed by atoms with Gasteiger partial charge in [0.15, 0.2) is 5.89 Å². The minimum atomic E-state index is 0.683. The number of rotatable bonds is 7. The van der Waals surface area contributed by atoms with Gasteiger partial charge in [-0.2, -0.15) is 0 Å². The average molecular weight is 210 g/mol. The smallest absolute Gasteiger partial charge is 0.194 e. The SMILES string of the molecule is CCC(C)Cc1cnc(CCCNC)o1. The number of aromatic nitrogens is 1. The first-order chi connectivity index (χ1) is 7.26. The standard InChI is InChI=1S/C12H22N2O/c1-4-10(2)8-11-9-14-12(15-11)6-5-7-13-3/h9-10,13H,4-8H2,1-3H3. The molecule has 15 heavy (non-hydrogen) atoms. The second-order valence-electron chi connectivity index (χ2n) is 4.14. The van der Waals surface area contributed by atoms with E-state index in [0.717, 1.165) is 37.5 Å². The number of aryl methyl sites for hydroxylation is 1. The van der Waals surface area contributed by atoms with Gasteiger partial charge >= 0.3 is 0 Å². The molecular formula is C12H22N2O. The zero-order chi connectivity index (χ0) is 11.1. The molecule has 1 aromatic rings. The Bertz CT molecular complexity index is 270. The second kappa shape index (κ2) is 6.62. The van der Waals surface area contributed by atoms with Crippen LogP contribution in [-0.4, -0.2) is 18.6 Å². The number of nitrogens with zero attached hydrogens (tertiary/aromatic N) is 1. The Labute approximate surface area is 92.3 Å². The van der Waals surface area contributed by atoms with Crippen molar-refractivity contribution in [3.8, 4) is 0 Å². The highest BCUT2D eigenvalue weighted by Gasteiger charge is 2.07. The number of hydrogen-bond donors (Lipinski definition) is 1. The zero-order valence-corrected chi connectivity index (χ0v) is 10.0. The van der Waals surface area contributed by atoms with Crippen LogP contribution in [0.2, 0.25) is 0 Å². The van der Waals surface area contributed by atoms with E-state index in [-0.39, 0.29) is 0 Å². The Morgan fingerprint density at radius 3 is 3.00 bits per heavy atom. The van der Waals surface area contributed by atoms with Crippen LogP contribution in [0, 0.1) is 5.92 Å². The molecule has 0 aliphatic rings. The molecule has 0 saturated carbocycles. The lowest BCUT2D eigenvalue weighted by molar-refractivity contribution is 0.415. The van der Waals surface area contributed by atoms with Gasteiger partial charge in [0.1, 0.15) is 5.76 Å². The summed E-state index contributed by atoms with van der Waals surface area (Å²) in [6.45, 7) is 5.46. The molecule has 1 atom stereocenters. The van der Waals surface area contributed by atoms with Gasteiger partial charge < -0.3 is 9.73 Å². The lowest BCUT2D eigenvalue weighted by atomic mass is 10.0. The van der Waals surface area contributed by atoms with Crippen LogP contribution >= 0.6 is 0 Å². The molecule has 0 aliphatic carbocycles. The largest absolute Gasteiger partial charge is 0.446 e. The van der Waals surface area contributed by atoms with E-state index < -0.39 is 0 Å². The normalized spacial score (nSPS) is 13.0. The molecule has 0 amide bonds. The van der Waals surface area contributed by atoms with E-state index in [0.29, 0.717) is 5.92 Å². The van der Waals surface area contributed by atoms with Crippen molar-refractivity contribution in [2.75, 3.05) is 13.6 Å². The molecule has 1 N–H and O–H groups in total. The summed E-state index contributed by atoms with van der Waals surface area (Å²) in [5, 5.41) is 3.12. The van der Waals surface area contributed by atoms with E-state index in [9.17, 15) is 0 Å². The fourth-order valence-electron chi connectivity index (χ4n) is 1.46. The van der Waals surface area contributed by atoms with Gasteiger partial charge in [0.25, 0.3) is 0 Å². The molecule has 1 rings (SSSR count). The summed E-state index contributed by atoms with van der Waals surface area (Å²) in [7, 11) is 1.96.